The Morgan fingerprint density at radius 3 is 2.57 bits per heavy atom. The lowest BCUT2D eigenvalue weighted by atomic mass is 10.0. The summed E-state index contributed by atoms with van der Waals surface area (Å²) in [5, 5.41) is 3.53. The first kappa shape index (κ1) is 16.0. The average Bonchev–Trinajstić information content (AvgIpc) is 2.47. The van der Waals surface area contributed by atoms with Crippen LogP contribution in [0.2, 0.25) is 0 Å². The second kappa shape index (κ2) is 8.18. The zero-order valence-corrected chi connectivity index (χ0v) is 13.4. The third-order valence-corrected chi connectivity index (χ3v) is 4.25. The highest BCUT2D eigenvalue weighted by atomic mass is 16.2. The van der Waals surface area contributed by atoms with Crippen molar-refractivity contribution in [1.82, 2.24) is 10.2 Å². The van der Waals surface area contributed by atoms with Gasteiger partial charge in [0.05, 0.1) is 0 Å². The Morgan fingerprint density at radius 2 is 1.86 bits per heavy atom. The third kappa shape index (κ3) is 4.85. The third-order valence-electron chi connectivity index (χ3n) is 4.25. The molecular formula is C18H28N2O. The number of benzene rings is 1. The van der Waals surface area contributed by atoms with Crippen molar-refractivity contribution in [3.05, 3.63) is 35.4 Å². The Labute approximate surface area is 128 Å². The summed E-state index contributed by atoms with van der Waals surface area (Å²) < 4.78 is 0. The predicted octanol–water partition coefficient (Wildman–Crippen LogP) is 3.44. The number of nitrogens with zero attached hydrogens (tertiary/aromatic N) is 1. The molecule has 1 aromatic rings. The molecule has 21 heavy (non-hydrogen) atoms. The minimum atomic E-state index is 0.235. The van der Waals surface area contributed by atoms with E-state index in [-0.39, 0.29) is 6.04 Å². The number of hydrogen-bond donors (Lipinski definition) is 1. The molecular weight excluding hydrogens is 260 g/mol. The van der Waals surface area contributed by atoms with Gasteiger partial charge in [0.2, 0.25) is 5.91 Å². The molecule has 1 aliphatic heterocycles. The van der Waals surface area contributed by atoms with Crippen molar-refractivity contribution in [1.29, 1.82) is 0 Å². The van der Waals surface area contributed by atoms with Gasteiger partial charge < -0.3 is 10.2 Å². The zero-order chi connectivity index (χ0) is 15.1. The normalized spacial score (nSPS) is 18.2. The summed E-state index contributed by atoms with van der Waals surface area (Å²) in [4.78, 5) is 14.4. The van der Waals surface area contributed by atoms with Crippen LogP contribution in [0.4, 0.5) is 0 Å². The molecule has 1 N–H and O–H groups in total. The molecule has 0 spiro atoms. The number of amides is 1. The summed E-state index contributed by atoms with van der Waals surface area (Å²) in [5.41, 5.74) is 2.55. The maximum atomic E-state index is 12.3. The Bertz CT molecular complexity index is 441. The summed E-state index contributed by atoms with van der Waals surface area (Å²) in [6.45, 7) is 6.84. The van der Waals surface area contributed by atoms with Crippen molar-refractivity contribution < 1.29 is 4.79 Å². The first-order valence-corrected chi connectivity index (χ1v) is 8.28. The number of rotatable bonds is 5. The quantitative estimate of drug-likeness (QED) is 0.900. The highest BCUT2D eigenvalue weighted by Crippen LogP contribution is 2.18. The van der Waals surface area contributed by atoms with Crippen molar-refractivity contribution in [2.75, 3.05) is 19.6 Å². The number of nitrogens with one attached hydrogen (secondary N) is 1. The summed E-state index contributed by atoms with van der Waals surface area (Å²) >= 11 is 0. The fourth-order valence-electron chi connectivity index (χ4n) is 2.96. The Morgan fingerprint density at radius 1 is 1.14 bits per heavy atom. The van der Waals surface area contributed by atoms with Crippen LogP contribution in [0.3, 0.4) is 0 Å². The van der Waals surface area contributed by atoms with Crippen molar-refractivity contribution in [2.45, 2.75) is 52.0 Å². The maximum absolute atomic E-state index is 12.3. The van der Waals surface area contributed by atoms with E-state index in [1.165, 1.54) is 24.0 Å². The van der Waals surface area contributed by atoms with Gasteiger partial charge in [-0.15, -0.1) is 0 Å². The minimum Gasteiger partial charge on any atom is -0.341 e. The van der Waals surface area contributed by atoms with E-state index in [0.717, 1.165) is 32.5 Å². The lowest BCUT2D eigenvalue weighted by Gasteiger charge is -2.30. The van der Waals surface area contributed by atoms with E-state index in [9.17, 15) is 4.79 Å². The van der Waals surface area contributed by atoms with E-state index < -0.39 is 0 Å². The SMILES string of the molecule is CCNC(CN1CCCCCCC1=O)c1ccc(C)cc1. The van der Waals surface area contributed by atoms with Gasteiger partial charge in [-0.25, -0.2) is 0 Å². The second-order valence-electron chi connectivity index (χ2n) is 6.02. The van der Waals surface area contributed by atoms with E-state index in [2.05, 4.69) is 48.3 Å². The maximum Gasteiger partial charge on any atom is 0.222 e. The lowest BCUT2D eigenvalue weighted by Crippen LogP contribution is -2.40. The molecule has 0 aliphatic carbocycles. The summed E-state index contributed by atoms with van der Waals surface area (Å²) in [7, 11) is 0. The smallest absolute Gasteiger partial charge is 0.222 e. The monoisotopic (exact) mass is 288 g/mol. The van der Waals surface area contributed by atoms with Crippen LogP contribution in [-0.4, -0.2) is 30.4 Å². The fraction of sp³-hybridized carbons (Fsp3) is 0.611. The van der Waals surface area contributed by atoms with Crippen molar-refractivity contribution in [2.24, 2.45) is 0 Å². The van der Waals surface area contributed by atoms with Crippen LogP contribution in [-0.2, 0) is 4.79 Å². The molecule has 0 saturated carbocycles. The van der Waals surface area contributed by atoms with Gasteiger partial charge in [0, 0.05) is 25.6 Å². The summed E-state index contributed by atoms with van der Waals surface area (Å²) in [6.07, 6.45) is 5.35. The van der Waals surface area contributed by atoms with Gasteiger partial charge >= 0.3 is 0 Å². The number of carbonyl (C=O) groups excluding carboxylic acids is 1. The van der Waals surface area contributed by atoms with Crippen LogP contribution in [0.25, 0.3) is 0 Å². The zero-order valence-electron chi connectivity index (χ0n) is 13.4. The van der Waals surface area contributed by atoms with Gasteiger partial charge in [0.1, 0.15) is 0 Å². The lowest BCUT2D eigenvalue weighted by molar-refractivity contribution is -0.132. The topological polar surface area (TPSA) is 32.3 Å². The number of likely N-dealkylation sites (tertiary alicyclic amines) is 1. The number of hydrogen-bond acceptors (Lipinski definition) is 2. The first-order valence-electron chi connectivity index (χ1n) is 8.28. The van der Waals surface area contributed by atoms with Gasteiger partial charge in [-0.1, -0.05) is 49.6 Å². The summed E-state index contributed by atoms with van der Waals surface area (Å²) in [5.74, 6) is 0.324. The molecule has 1 aliphatic rings. The molecule has 1 saturated heterocycles. The Balaban J connectivity index is 2.06. The highest BCUT2D eigenvalue weighted by molar-refractivity contribution is 5.76. The van der Waals surface area contributed by atoms with Gasteiger partial charge in [-0.2, -0.15) is 0 Å². The van der Waals surface area contributed by atoms with Crippen molar-refractivity contribution in [3.63, 3.8) is 0 Å². The number of likely N-dealkylation sites (N-methyl/N-ethyl adjacent to an activating group) is 1. The number of aryl methyl sites for hydroxylation is 1. The van der Waals surface area contributed by atoms with Crippen molar-refractivity contribution in [3.8, 4) is 0 Å². The molecule has 1 atom stereocenters. The standard InChI is InChI=1S/C18H28N2O/c1-3-19-17(16-11-9-15(2)10-12-16)14-20-13-7-5-4-6-8-18(20)21/h9-12,17,19H,3-8,13-14H2,1-2H3. The molecule has 1 heterocycles. The van der Waals surface area contributed by atoms with Gasteiger partial charge in [-0.05, 0) is 31.9 Å². The molecule has 116 valence electrons. The average molecular weight is 288 g/mol. The van der Waals surface area contributed by atoms with Gasteiger partial charge in [-0.3, -0.25) is 4.79 Å². The van der Waals surface area contributed by atoms with Crippen LogP contribution in [0.1, 0.15) is 56.2 Å². The highest BCUT2D eigenvalue weighted by Gasteiger charge is 2.20. The molecule has 0 aromatic heterocycles. The second-order valence-corrected chi connectivity index (χ2v) is 6.02. The predicted molar refractivity (Wildman–Crippen MR) is 87.3 cm³/mol. The largest absolute Gasteiger partial charge is 0.341 e. The minimum absolute atomic E-state index is 0.235. The molecule has 3 nitrogen and oxygen atoms in total. The van der Waals surface area contributed by atoms with Gasteiger partial charge in [0.25, 0.3) is 0 Å². The summed E-state index contributed by atoms with van der Waals surface area (Å²) in [6, 6.07) is 8.89. The van der Waals surface area contributed by atoms with Crippen molar-refractivity contribution >= 4 is 5.91 Å². The molecule has 2 rings (SSSR count). The van der Waals surface area contributed by atoms with Crippen LogP contribution >= 0.6 is 0 Å². The van der Waals surface area contributed by atoms with Crippen LogP contribution in [0, 0.1) is 6.92 Å². The van der Waals surface area contributed by atoms with E-state index in [1.54, 1.807) is 0 Å². The van der Waals surface area contributed by atoms with Gasteiger partial charge in [0.15, 0.2) is 0 Å². The molecule has 3 heteroatoms. The Kier molecular flexibility index (Phi) is 6.24. The van der Waals surface area contributed by atoms with E-state index in [4.69, 9.17) is 0 Å². The molecule has 1 amide bonds. The molecule has 1 fully saturated rings. The number of carbonyl (C=O) groups is 1. The van der Waals surface area contributed by atoms with E-state index >= 15 is 0 Å². The molecule has 0 radical (unpaired) electrons. The molecule has 1 unspecified atom stereocenters. The van der Waals surface area contributed by atoms with E-state index in [1.807, 2.05) is 0 Å². The van der Waals surface area contributed by atoms with Crippen LogP contribution < -0.4 is 5.32 Å². The fourth-order valence-corrected chi connectivity index (χ4v) is 2.96. The van der Waals surface area contributed by atoms with E-state index in [0.29, 0.717) is 12.3 Å². The van der Waals surface area contributed by atoms with Crippen LogP contribution in [0.15, 0.2) is 24.3 Å². The molecule has 0 bridgehead atoms. The molecule has 1 aromatic carbocycles. The first-order chi connectivity index (χ1) is 10.2. The Hall–Kier alpha value is -1.35. The van der Waals surface area contributed by atoms with Crippen LogP contribution in [0.5, 0.6) is 0 Å².